The zero-order chi connectivity index (χ0) is 5.56. The molecular formula is C8H11. The maximum Gasteiger partial charge on any atom is -0.0202 e. The highest BCUT2D eigenvalue weighted by Crippen LogP contribution is 2.47. The Kier molecular flexibility index (Phi) is 0.787. The Labute approximate surface area is 50.6 Å². The van der Waals surface area contributed by atoms with Gasteiger partial charge in [0, 0.05) is 0 Å². The summed E-state index contributed by atoms with van der Waals surface area (Å²) in [5, 5.41) is 0. The Bertz CT molecular complexity index is 124. The smallest absolute Gasteiger partial charge is 0.0202 e. The molecule has 3 atom stereocenters. The fourth-order valence-electron chi connectivity index (χ4n) is 1.55. The van der Waals surface area contributed by atoms with E-state index in [1.165, 1.54) is 12.8 Å². The molecule has 0 aromatic carbocycles. The molecule has 1 saturated carbocycles. The summed E-state index contributed by atoms with van der Waals surface area (Å²) >= 11 is 0. The molecule has 0 heteroatoms. The molecule has 2 aliphatic rings. The van der Waals surface area contributed by atoms with E-state index in [1.54, 1.807) is 0 Å². The number of fused-ring (bicyclic) bond motifs is 1. The summed E-state index contributed by atoms with van der Waals surface area (Å²) in [6.45, 7) is 3.99. The Balaban J connectivity index is 2.11. The van der Waals surface area contributed by atoms with Crippen molar-refractivity contribution in [1.82, 2.24) is 0 Å². The number of hydrogen-bond donors (Lipinski definition) is 0. The van der Waals surface area contributed by atoms with Crippen LogP contribution in [-0.4, -0.2) is 0 Å². The summed E-state index contributed by atoms with van der Waals surface area (Å²) in [4.78, 5) is 0. The van der Waals surface area contributed by atoms with Crippen LogP contribution in [0.4, 0.5) is 0 Å². The number of allylic oxidation sites excluding steroid dienone is 2. The molecule has 43 valence electrons. The molecule has 3 unspecified atom stereocenters. The van der Waals surface area contributed by atoms with Crippen LogP contribution in [0.5, 0.6) is 0 Å². The molecule has 0 aliphatic heterocycles. The third-order valence-electron chi connectivity index (χ3n) is 2.21. The van der Waals surface area contributed by atoms with Crippen molar-refractivity contribution in [2.24, 2.45) is 17.8 Å². The van der Waals surface area contributed by atoms with Gasteiger partial charge in [-0.3, -0.25) is 0 Å². The van der Waals surface area contributed by atoms with E-state index in [0.717, 1.165) is 11.8 Å². The van der Waals surface area contributed by atoms with Gasteiger partial charge in [0.05, 0.1) is 0 Å². The highest BCUT2D eigenvalue weighted by atomic mass is 14.4. The summed E-state index contributed by atoms with van der Waals surface area (Å²) in [6.07, 6.45) is 7.39. The van der Waals surface area contributed by atoms with E-state index < -0.39 is 0 Å². The summed E-state index contributed by atoms with van der Waals surface area (Å²) in [7, 11) is 0. The van der Waals surface area contributed by atoms with Gasteiger partial charge in [-0.1, -0.05) is 12.2 Å². The molecule has 1 fully saturated rings. The van der Waals surface area contributed by atoms with E-state index in [4.69, 9.17) is 0 Å². The van der Waals surface area contributed by atoms with Crippen LogP contribution in [0.2, 0.25) is 0 Å². The van der Waals surface area contributed by atoms with Crippen LogP contribution in [0.15, 0.2) is 12.2 Å². The van der Waals surface area contributed by atoms with E-state index >= 15 is 0 Å². The summed E-state index contributed by atoms with van der Waals surface area (Å²) in [5.74, 6) is 2.62. The van der Waals surface area contributed by atoms with Crippen molar-refractivity contribution in [1.29, 1.82) is 0 Å². The predicted octanol–water partition coefficient (Wildman–Crippen LogP) is 2.03. The molecule has 0 N–H and O–H groups in total. The monoisotopic (exact) mass is 107 g/mol. The topological polar surface area (TPSA) is 0 Å². The summed E-state index contributed by atoms with van der Waals surface area (Å²) in [6, 6.07) is 0. The van der Waals surface area contributed by atoms with Gasteiger partial charge >= 0.3 is 0 Å². The second-order valence-electron chi connectivity index (χ2n) is 3.04. The largest absolute Gasteiger partial charge is 0.0851 e. The van der Waals surface area contributed by atoms with Gasteiger partial charge < -0.3 is 0 Å². The lowest BCUT2D eigenvalue weighted by Gasteiger charge is -2.07. The third kappa shape index (κ3) is 0.594. The lowest BCUT2D eigenvalue weighted by molar-refractivity contribution is 0.591. The van der Waals surface area contributed by atoms with Gasteiger partial charge in [-0.15, -0.1) is 0 Å². The molecule has 2 rings (SSSR count). The van der Waals surface area contributed by atoms with E-state index in [-0.39, 0.29) is 0 Å². The Hall–Kier alpha value is -0.260. The average molecular weight is 107 g/mol. The molecule has 0 nitrogen and oxygen atoms in total. The summed E-state index contributed by atoms with van der Waals surface area (Å²) in [5.41, 5.74) is 0. The molecule has 0 spiro atoms. The van der Waals surface area contributed by atoms with Crippen LogP contribution in [0, 0.1) is 24.7 Å². The zero-order valence-electron chi connectivity index (χ0n) is 5.01. The first-order chi connectivity index (χ1) is 3.86. The molecule has 8 heavy (non-hydrogen) atoms. The quantitative estimate of drug-likeness (QED) is 0.415. The van der Waals surface area contributed by atoms with Crippen LogP contribution in [-0.2, 0) is 0 Å². The molecule has 0 aromatic heterocycles. The lowest BCUT2D eigenvalue weighted by atomic mass is 9.98. The van der Waals surface area contributed by atoms with Crippen molar-refractivity contribution in [2.45, 2.75) is 12.8 Å². The van der Waals surface area contributed by atoms with E-state index in [2.05, 4.69) is 19.1 Å². The standard InChI is InChI=1S/C8H11/c1-6-2-3-7-5-8(7)4-6/h2-3,6-8H,1,4-5H2. The van der Waals surface area contributed by atoms with E-state index in [9.17, 15) is 0 Å². The fourth-order valence-corrected chi connectivity index (χ4v) is 1.55. The molecule has 0 bridgehead atoms. The minimum Gasteiger partial charge on any atom is -0.0851 e. The van der Waals surface area contributed by atoms with Crippen LogP contribution in [0.3, 0.4) is 0 Å². The molecule has 1 radical (unpaired) electrons. The first kappa shape index (κ1) is 4.60. The normalized spacial score (nSPS) is 50.9. The predicted molar refractivity (Wildman–Crippen MR) is 34.2 cm³/mol. The molecule has 0 heterocycles. The van der Waals surface area contributed by atoms with Gasteiger partial charge in [0.25, 0.3) is 0 Å². The van der Waals surface area contributed by atoms with Gasteiger partial charge in [-0.25, -0.2) is 0 Å². The molecular weight excluding hydrogens is 96.1 g/mol. The Morgan fingerprint density at radius 2 is 2.12 bits per heavy atom. The Morgan fingerprint density at radius 1 is 1.25 bits per heavy atom. The highest BCUT2D eigenvalue weighted by Gasteiger charge is 2.37. The van der Waals surface area contributed by atoms with Crippen molar-refractivity contribution in [3.05, 3.63) is 19.1 Å². The molecule has 2 aliphatic carbocycles. The van der Waals surface area contributed by atoms with Crippen molar-refractivity contribution in [3.8, 4) is 0 Å². The minimum atomic E-state index is 0.624. The van der Waals surface area contributed by atoms with Gasteiger partial charge in [0.1, 0.15) is 0 Å². The van der Waals surface area contributed by atoms with E-state index in [1.807, 2.05) is 0 Å². The average Bonchev–Trinajstić information content (AvgIpc) is 2.43. The van der Waals surface area contributed by atoms with Crippen molar-refractivity contribution < 1.29 is 0 Å². The van der Waals surface area contributed by atoms with Crippen LogP contribution in [0.25, 0.3) is 0 Å². The van der Waals surface area contributed by atoms with Crippen LogP contribution >= 0.6 is 0 Å². The number of hydrogen-bond acceptors (Lipinski definition) is 0. The minimum absolute atomic E-state index is 0.624. The maximum atomic E-state index is 3.99. The molecule has 0 amide bonds. The van der Waals surface area contributed by atoms with E-state index in [0.29, 0.717) is 5.92 Å². The van der Waals surface area contributed by atoms with Crippen LogP contribution in [0.1, 0.15) is 12.8 Å². The first-order valence-electron chi connectivity index (χ1n) is 3.37. The van der Waals surface area contributed by atoms with Crippen molar-refractivity contribution >= 4 is 0 Å². The SMILES string of the molecule is [CH2]C1C=CC2CC2C1. The van der Waals surface area contributed by atoms with Crippen molar-refractivity contribution in [3.63, 3.8) is 0 Å². The van der Waals surface area contributed by atoms with Gasteiger partial charge in [-0.2, -0.15) is 0 Å². The molecule has 0 aromatic rings. The Morgan fingerprint density at radius 3 is 2.75 bits per heavy atom. The maximum absolute atomic E-state index is 3.99. The van der Waals surface area contributed by atoms with Crippen molar-refractivity contribution in [2.75, 3.05) is 0 Å². The molecule has 0 saturated heterocycles. The highest BCUT2D eigenvalue weighted by molar-refractivity contribution is 5.10. The zero-order valence-corrected chi connectivity index (χ0v) is 5.01. The second-order valence-corrected chi connectivity index (χ2v) is 3.04. The van der Waals surface area contributed by atoms with Gasteiger partial charge in [0.15, 0.2) is 0 Å². The first-order valence-corrected chi connectivity index (χ1v) is 3.37. The lowest BCUT2D eigenvalue weighted by Crippen LogP contribution is -1.97. The number of rotatable bonds is 0. The third-order valence-corrected chi connectivity index (χ3v) is 2.21. The summed E-state index contributed by atoms with van der Waals surface area (Å²) < 4.78 is 0. The second kappa shape index (κ2) is 1.37. The van der Waals surface area contributed by atoms with Crippen LogP contribution < -0.4 is 0 Å². The van der Waals surface area contributed by atoms with Gasteiger partial charge in [-0.05, 0) is 37.5 Å². The fraction of sp³-hybridized carbons (Fsp3) is 0.625. The van der Waals surface area contributed by atoms with Gasteiger partial charge in [0.2, 0.25) is 0 Å².